The molecule has 1 fully saturated rings. The summed E-state index contributed by atoms with van der Waals surface area (Å²) in [7, 11) is 0. The van der Waals surface area contributed by atoms with Crippen molar-refractivity contribution in [3.63, 3.8) is 0 Å². The van der Waals surface area contributed by atoms with Crippen molar-refractivity contribution in [1.29, 1.82) is 0 Å². The van der Waals surface area contributed by atoms with Crippen molar-refractivity contribution in [2.24, 2.45) is 11.8 Å². The van der Waals surface area contributed by atoms with Gasteiger partial charge in [-0.25, -0.2) is 4.39 Å². The summed E-state index contributed by atoms with van der Waals surface area (Å²) in [4.78, 5) is 12.4. The minimum atomic E-state index is -0.261. The molecule has 3 atom stereocenters. The maximum Gasteiger partial charge on any atom is 0.262 e. The smallest absolute Gasteiger partial charge is 0.262 e. The number of anilines is 1. The predicted molar refractivity (Wildman–Crippen MR) is 139 cm³/mol. The first-order valence-corrected chi connectivity index (χ1v) is 12.8. The Morgan fingerprint density at radius 3 is 2.41 bits per heavy atom. The van der Waals surface area contributed by atoms with Crippen LogP contribution in [-0.2, 0) is 9.53 Å². The number of hydrogen-bond acceptors (Lipinski definition) is 5. The summed E-state index contributed by atoms with van der Waals surface area (Å²) < 4.78 is 36.5. The van der Waals surface area contributed by atoms with Gasteiger partial charge in [0.05, 0.1) is 12.7 Å². The summed E-state index contributed by atoms with van der Waals surface area (Å²) in [5, 5.41) is 2.82. The minimum Gasteiger partial charge on any atom is -0.486 e. The van der Waals surface area contributed by atoms with Gasteiger partial charge in [-0.05, 0) is 65.8 Å². The van der Waals surface area contributed by atoms with Gasteiger partial charge >= 0.3 is 0 Å². The van der Waals surface area contributed by atoms with Crippen LogP contribution in [0, 0.1) is 17.7 Å². The highest BCUT2D eigenvalue weighted by atomic mass is 19.1. The van der Waals surface area contributed by atoms with E-state index in [4.69, 9.17) is 18.9 Å². The number of halogens is 1. The van der Waals surface area contributed by atoms with Gasteiger partial charge in [0, 0.05) is 17.7 Å². The molecule has 0 unspecified atom stereocenters. The summed E-state index contributed by atoms with van der Waals surface area (Å²) in [5.74, 6) is 2.43. The fourth-order valence-electron chi connectivity index (χ4n) is 5.02. The van der Waals surface area contributed by atoms with Crippen LogP contribution in [0.3, 0.4) is 0 Å². The van der Waals surface area contributed by atoms with E-state index >= 15 is 0 Å². The SMILES string of the molecule is CC(C)[C@@H]1C[C@H](c2ccc(F)cc2)CO[C@H]1c1ccc(OCC(=O)Nc2ccc3c(c2)OCCO3)cc1. The fourth-order valence-corrected chi connectivity index (χ4v) is 5.02. The van der Waals surface area contributed by atoms with E-state index < -0.39 is 0 Å². The lowest BCUT2D eigenvalue weighted by atomic mass is 9.76. The topological polar surface area (TPSA) is 66.0 Å². The number of ether oxygens (including phenoxy) is 4. The van der Waals surface area contributed by atoms with Crippen molar-refractivity contribution in [1.82, 2.24) is 0 Å². The van der Waals surface area contributed by atoms with E-state index in [1.165, 1.54) is 12.1 Å². The molecule has 6 nitrogen and oxygen atoms in total. The van der Waals surface area contributed by atoms with Crippen LogP contribution in [0.4, 0.5) is 10.1 Å². The molecule has 2 aliphatic heterocycles. The second-order valence-corrected chi connectivity index (χ2v) is 9.91. The van der Waals surface area contributed by atoms with Gasteiger partial charge in [0.1, 0.15) is 24.8 Å². The molecule has 5 rings (SSSR count). The molecular formula is C30H32FNO5. The van der Waals surface area contributed by atoms with Gasteiger partial charge in [0.25, 0.3) is 5.91 Å². The van der Waals surface area contributed by atoms with Crippen molar-refractivity contribution >= 4 is 11.6 Å². The van der Waals surface area contributed by atoms with E-state index in [-0.39, 0.29) is 30.4 Å². The Labute approximate surface area is 216 Å². The molecule has 0 spiro atoms. The van der Waals surface area contributed by atoms with Crippen molar-refractivity contribution < 1.29 is 28.1 Å². The largest absolute Gasteiger partial charge is 0.486 e. The Morgan fingerprint density at radius 2 is 1.68 bits per heavy atom. The van der Waals surface area contributed by atoms with Gasteiger partial charge in [-0.3, -0.25) is 4.79 Å². The third kappa shape index (κ3) is 6.05. The van der Waals surface area contributed by atoms with Gasteiger partial charge in [0.2, 0.25) is 0 Å². The van der Waals surface area contributed by atoms with E-state index in [0.29, 0.717) is 54.6 Å². The zero-order valence-electron chi connectivity index (χ0n) is 21.1. The molecule has 0 aliphatic carbocycles. The lowest BCUT2D eigenvalue weighted by Gasteiger charge is -2.39. The Hall–Kier alpha value is -3.58. The second kappa shape index (κ2) is 11.2. The molecule has 0 aromatic heterocycles. The number of hydrogen-bond donors (Lipinski definition) is 1. The quantitative estimate of drug-likeness (QED) is 0.418. The molecule has 3 aromatic rings. The number of carbonyl (C=O) groups excluding carboxylic acids is 1. The molecule has 7 heteroatoms. The first-order valence-electron chi connectivity index (χ1n) is 12.8. The summed E-state index contributed by atoms with van der Waals surface area (Å²) in [6.07, 6.45) is 0.955. The Bertz CT molecular complexity index is 1210. The molecule has 1 N–H and O–H groups in total. The fraction of sp³-hybridized carbons (Fsp3) is 0.367. The first kappa shape index (κ1) is 25.1. The van der Waals surface area contributed by atoms with Crippen LogP contribution in [-0.4, -0.2) is 32.3 Å². The summed E-state index contributed by atoms with van der Waals surface area (Å²) in [5.41, 5.74) is 2.83. The van der Waals surface area contributed by atoms with E-state index in [2.05, 4.69) is 19.2 Å². The molecule has 1 saturated heterocycles. The maximum absolute atomic E-state index is 13.4. The number of nitrogens with one attached hydrogen (secondary N) is 1. The Kier molecular flexibility index (Phi) is 7.60. The molecule has 2 heterocycles. The van der Waals surface area contributed by atoms with Crippen molar-refractivity contribution in [3.05, 3.63) is 83.7 Å². The van der Waals surface area contributed by atoms with Gasteiger partial charge in [-0.1, -0.05) is 38.1 Å². The Morgan fingerprint density at radius 1 is 0.973 bits per heavy atom. The normalized spacial score (nSPS) is 20.9. The zero-order chi connectivity index (χ0) is 25.8. The maximum atomic E-state index is 13.4. The van der Waals surface area contributed by atoms with E-state index in [1.807, 2.05) is 36.4 Å². The highest BCUT2D eigenvalue weighted by Crippen LogP contribution is 2.43. The number of carbonyl (C=O) groups is 1. The van der Waals surface area contributed by atoms with Gasteiger partial charge in [-0.15, -0.1) is 0 Å². The second-order valence-electron chi connectivity index (χ2n) is 9.91. The van der Waals surface area contributed by atoms with E-state index in [1.54, 1.807) is 18.2 Å². The van der Waals surface area contributed by atoms with E-state index in [0.717, 1.165) is 17.5 Å². The predicted octanol–water partition coefficient (Wildman–Crippen LogP) is 6.13. The lowest BCUT2D eigenvalue weighted by molar-refractivity contribution is -0.118. The number of rotatable bonds is 7. The molecule has 1 amide bonds. The van der Waals surface area contributed by atoms with Crippen molar-refractivity contribution in [2.75, 3.05) is 31.7 Å². The Balaban J connectivity index is 1.16. The molecule has 37 heavy (non-hydrogen) atoms. The van der Waals surface area contributed by atoms with Crippen molar-refractivity contribution in [2.45, 2.75) is 32.3 Å². The molecule has 194 valence electrons. The average molecular weight is 506 g/mol. The lowest BCUT2D eigenvalue weighted by Crippen LogP contribution is -2.31. The minimum absolute atomic E-state index is 0.0238. The van der Waals surface area contributed by atoms with Gasteiger partial charge < -0.3 is 24.3 Å². The van der Waals surface area contributed by atoms with Crippen LogP contribution in [0.15, 0.2) is 66.7 Å². The molecule has 3 aromatic carbocycles. The highest BCUT2D eigenvalue weighted by molar-refractivity contribution is 5.92. The third-order valence-corrected chi connectivity index (χ3v) is 7.02. The van der Waals surface area contributed by atoms with Crippen LogP contribution in [0.5, 0.6) is 17.2 Å². The van der Waals surface area contributed by atoms with E-state index in [9.17, 15) is 9.18 Å². The third-order valence-electron chi connectivity index (χ3n) is 7.02. The van der Waals surface area contributed by atoms with Gasteiger partial charge in [-0.2, -0.15) is 0 Å². The number of fused-ring (bicyclic) bond motifs is 1. The molecular weight excluding hydrogens is 473 g/mol. The summed E-state index contributed by atoms with van der Waals surface area (Å²) in [6, 6.07) is 19.8. The van der Waals surface area contributed by atoms with Crippen LogP contribution in [0.25, 0.3) is 0 Å². The van der Waals surface area contributed by atoms with Crippen LogP contribution in [0.2, 0.25) is 0 Å². The molecule has 0 saturated carbocycles. The summed E-state index contributed by atoms with van der Waals surface area (Å²) >= 11 is 0. The standard InChI is InChI=1S/C30H32FNO5/c1-19(2)26-15-22(20-3-7-23(31)8-4-20)17-37-30(26)21-5-10-25(11-6-21)36-18-29(33)32-24-9-12-27-28(16-24)35-14-13-34-27/h3-12,16,19,22,26,30H,13-15,17-18H2,1-2H3,(H,32,33)/t22-,26-,30-/m0/s1. The van der Waals surface area contributed by atoms with Gasteiger partial charge in [0.15, 0.2) is 18.1 Å². The number of amides is 1. The van der Waals surface area contributed by atoms with Crippen molar-refractivity contribution in [3.8, 4) is 17.2 Å². The monoisotopic (exact) mass is 505 g/mol. The average Bonchev–Trinajstić information content (AvgIpc) is 2.92. The molecule has 0 bridgehead atoms. The van der Waals surface area contributed by atoms with Crippen LogP contribution < -0.4 is 19.5 Å². The van der Waals surface area contributed by atoms with Crippen LogP contribution in [0.1, 0.15) is 43.4 Å². The zero-order valence-corrected chi connectivity index (χ0v) is 21.1. The molecule has 0 radical (unpaired) electrons. The molecule has 2 aliphatic rings. The highest BCUT2D eigenvalue weighted by Gasteiger charge is 2.35. The first-order chi connectivity index (χ1) is 18.0. The van der Waals surface area contributed by atoms with Crippen LogP contribution >= 0.6 is 0 Å². The summed E-state index contributed by atoms with van der Waals surface area (Å²) in [6.45, 7) is 5.92. The number of benzene rings is 3.